The molecule has 0 aliphatic rings. The van der Waals surface area contributed by atoms with Crippen LogP contribution in [-0.2, 0) is 10.5 Å². The fraction of sp³-hybridized carbons (Fsp3) is 0.500. The van der Waals surface area contributed by atoms with Gasteiger partial charge in [-0.3, -0.25) is 4.79 Å². The van der Waals surface area contributed by atoms with E-state index in [1.165, 1.54) is 4.88 Å². The summed E-state index contributed by atoms with van der Waals surface area (Å²) in [6.45, 7) is 4.45. The van der Waals surface area contributed by atoms with Gasteiger partial charge in [0.25, 0.3) is 0 Å². The van der Waals surface area contributed by atoms with Crippen LogP contribution in [0.3, 0.4) is 0 Å². The second-order valence-electron chi connectivity index (χ2n) is 5.59. The van der Waals surface area contributed by atoms with Crippen LogP contribution < -0.4 is 5.32 Å². The van der Waals surface area contributed by atoms with Gasteiger partial charge < -0.3 is 14.7 Å². The van der Waals surface area contributed by atoms with Gasteiger partial charge in [-0.15, -0.1) is 23.1 Å². The Morgan fingerprint density at radius 3 is 2.83 bits per heavy atom. The fourth-order valence-corrected chi connectivity index (χ4v) is 4.16. The fourth-order valence-electron chi connectivity index (χ4n) is 2.23. The quantitative estimate of drug-likeness (QED) is 0.790. The van der Waals surface area contributed by atoms with Crippen molar-refractivity contribution in [3.8, 4) is 0 Å². The maximum Gasteiger partial charge on any atom is 0.230 e. The molecule has 7 heteroatoms. The molecular formula is C16H23N3O2S2. The number of aryl methyl sites for hydroxylation is 2. The van der Waals surface area contributed by atoms with Crippen LogP contribution in [0.4, 0.5) is 0 Å². The van der Waals surface area contributed by atoms with Crippen molar-refractivity contribution in [1.82, 2.24) is 15.4 Å². The van der Waals surface area contributed by atoms with E-state index in [2.05, 4.69) is 26.8 Å². The molecule has 0 aliphatic carbocycles. The van der Waals surface area contributed by atoms with Crippen LogP contribution in [0.2, 0.25) is 0 Å². The molecule has 2 rings (SSSR count). The summed E-state index contributed by atoms with van der Waals surface area (Å²) < 4.78 is 5.13. The van der Waals surface area contributed by atoms with E-state index in [9.17, 15) is 4.79 Å². The third-order valence-electron chi connectivity index (χ3n) is 3.65. The van der Waals surface area contributed by atoms with Crippen molar-refractivity contribution in [2.45, 2.75) is 25.6 Å². The highest BCUT2D eigenvalue weighted by Gasteiger charge is 2.16. The second-order valence-corrected chi connectivity index (χ2v) is 7.56. The van der Waals surface area contributed by atoms with Crippen LogP contribution in [0.5, 0.6) is 0 Å². The molecule has 23 heavy (non-hydrogen) atoms. The number of thioether (sulfide) groups is 1. The molecule has 0 radical (unpaired) electrons. The number of hydrogen-bond donors (Lipinski definition) is 1. The van der Waals surface area contributed by atoms with Crippen LogP contribution in [-0.4, -0.2) is 42.4 Å². The van der Waals surface area contributed by atoms with Crippen molar-refractivity contribution in [2.75, 3.05) is 26.4 Å². The maximum absolute atomic E-state index is 12.1. The Bertz CT molecular complexity index is 604. The van der Waals surface area contributed by atoms with E-state index in [0.717, 1.165) is 22.8 Å². The van der Waals surface area contributed by atoms with E-state index in [1.807, 2.05) is 34.0 Å². The van der Waals surface area contributed by atoms with Gasteiger partial charge in [0.15, 0.2) is 0 Å². The Kier molecular flexibility index (Phi) is 6.68. The van der Waals surface area contributed by atoms with Crippen molar-refractivity contribution < 1.29 is 9.32 Å². The minimum atomic E-state index is 0.0603. The summed E-state index contributed by atoms with van der Waals surface area (Å²) in [5.41, 5.74) is 1.99. The lowest BCUT2D eigenvalue weighted by molar-refractivity contribution is -0.118. The van der Waals surface area contributed by atoms with E-state index in [0.29, 0.717) is 12.3 Å². The standard InChI is InChI=1S/C16H23N3O2S2/c1-11-13(12(2)21-18-11)9-22-10-16(20)17-8-14(19(3)4)15-6-5-7-23-15/h5-7,14H,8-10H2,1-4H3,(H,17,20). The van der Waals surface area contributed by atoms with Crippen LogP contribution in [0.15, 0.2) is 22.0 Å². The van der Waals surface area contributed by atoms with Crippen molar-refractivity contribution in [3.05, 3.63) is 39.4 Å². The number of hydrogen-bond acceptors (Lipinski definition) is 6. The van der Waals surface area contributed by atoms with Gasteiger partial charge in [0.05, 0.1) is 17.5 Å². The first-order chi connectivity index (χ1) is 11.0. The van der Waals surface area contributed by atoms with E-state index in [4.69, 9.17) is 4.52 Å². The maximum atomic E-state index is 12.1. The van der Waals surface area contributed by atoms with Crippen LogP contribution in [0, 0.1) is 13.8 Å². The number of carbonyl (C=O) groups excluding carboxylic acids is 1. The molecule has 2 aromatic rings. The molecule has 0 bridgehead atoms. The highest BCUT2D eigenvalue weighted by Crippen LogP contribution is 2.22. The van der Waals surface area contributed by atoms with Crippen molar-refractivity contribution >= 4 is 29.0 Å². The molecule has 0 aliphatic heterocycles. The minimum absolute atomic E-state index is 0.0603. The number of nitrogens with one attached hydrogen (secondary N) is 1. The van der Waals surface area contributed by atoms with Crippen LogP contribution >= 0.6 is 23.1 Å². The van der Waals surface area contributed by atoms with Gasteiger partial charge in [-0.25, -0.2) is 0 Å². The Morgan fingerprint density at radius 1 is 1.48 bits per heavy atom. The molecule has 1 unspecified atom stereocenters. The summed E-state index contributed by atoms with van der Waals surface area (Å²) in [4.78, 5) is 15.4. The number of thiophene rings is 1. The smallest absolute Gasteiger partial charge is 0.230 e. The van der Waals surface area contributed by atoms with Gasteiger partial charge >= 0.3 is 0 Å². The van der Waals surface area contributed by atoms with Gasteiger partial charge in [0.2, 0.25) is 5.91 Å². The molecule has 126 valence electrons. The van der Waals surface area contributed by atoms with E-state index in [1.54, 1.807) is 23.1 Å². The Balaban J connectivity index is 1.76. The number of rotatable bonds is 8. The van der Waals surface area contributed by atoms with Gasteiger partial charge in [0, 0.05) is 22.7 Å². The van der Waals surface area contributed by atoms with E-state index < -0.39 is 0 Å². The zero-order chi connectivity index (χ0) is 16.8. The van der Waals surface area contributed by atoms with Crippen molar-refractivity contribution in [2.24, 2.45) is 0 Å². The Hall–Kier alpha value is -1.31. The molecule has 1 atom stereocenters. The summed E-state index contributed by atoms with van der Waals surface area (Å²) in [6, 6.07) is 4.36. The molecule has 5 nitrogen and oxygen atoms in total. The zero-order valence-corrected chi connectivity index (χ0v) is 15.6. The lowest BCUT2D eigenvalue weighted by atomic mass is 10.2. The summed E-state index contributed by atoms with van der Waals surface area (Å²) in [6.07, 6.45) is 0. The zero-order valence-electron chi connectivity index (χ0n) is 14.0. The van der Waals surface area contributed by atoms with E-state index in [-0.39, 0.29) is 11.9 Å². The first kappa shape index (κ1) is 18.0. The molecule has 2 heterocycles. The van der Waals surface area contributed by atoms with Gasteiger partial charge in [-0.05, 0) is 39.4 Å². The molecular weight excluding hydrogens is 330 g/mol. The number of aromatic nitrogens is 1. The summed E-state index contributed by atoms with van der Waals surface area (Å²) in [5.74, 6) is 2.08. The normalized spacial score (nSPS) is 12.6. The van der Waals surface area contributed by atoms with Gasteiger partial charge in [-0.1, -0.05) is 11.2 Å². The average molecular weight is 354 g/mol. The molecule has 1 amide bonds. The number of carbonyl (C=O) groups is 1. The first-order valence-electron chi connectivity index (χ1n) is 7.45. The SMILES string of the molecule is Cc1noc(C)c1CSCC(=O)NCC(c1cccs1)N(C)C. The number of amides is 1. The third kappa shape index (κ3) is 5.09. The summed E-state index contributed by atoms with van der Waals surface area (Å²) >= 11 is 3.30. The Labute approximate surface area is 145 Å². The molecule has 0 aromatic carbocycles. The average Bonchev–Trinajstić information content (AvgIpc) is 3.12. The molecule has 1 N–H and O–H groups in total. The minimum Gasteiger partial charge on any atom is -0.361 e. The molecule has 2 aromatic heterocycles. The lowest BCUT2D eigenvalue weighted by Gasteiger charge is -2.23. The first-order valence-corrected chi connectivity index (χ1v) is 9.48. The highest BCUT2D eigenvalue weighted by molar-refractivity contribution is 7.99. The highest BCUT2D eigenvalue weighted by atomic mass is 32.2. The van der Waals surface area contributed by atoms with Crippen LogP contribution in [0.1, 0.15) is 27.9 Å². The van der Waals surface area contributed by atoms with Crippen molar-refractivity contribution in [3.63, 3.8) is 0 Å². The monoisotopic (exact) mass is 353 g/mol. The van der Waals surface area contributed by atoms with Gasteiger partial charge in [-0.2, -0.15) is 0 Å². The predicted molar refractivity (Wildman–Crippen MR) is 95.9 cm³/mol. The number of nitrogens with zero attached hydrogens (tertiary/aromatic N) is 2. The molecule has 0 saturated carbocycles. The largest absolute Gasteiger partial charge is 0.361 e. The third-order valence-corrected chi connectivity index (χ3v) is 5.58. The number of likely N-dealkylation sites (N-methyl/N-ethyl adjacent to an activating group) is 1. The predicted octanol–water partition coefficient (Wildman–Crippen LogP) is 3.01. The summed E-state index contributed by atoms with van der Waals surface area (Å²) in [5, 5.41) is 9.02. The van der Waals surface area contributed by atoms with Crippen molar-refractivity contribution in [1.29, 1.82) is 0 Å². The lowest BCUT2D eigenvalue weighted by Crippen LogP contribution is -2.35. The van der Waals surface area contributed by atoms with Crippen LogP contribution in [0.25, 0.3) is 0 Å². The van der Waals surface area contributed by atoms with E-state index >= 15 is 0 Å². The Morgan fingerprint density at radius 2 is 2.26 bits per heavy atom. The summed E-state index contributed by atoms with van der Waals surface area (Å²) in [7, 11) is 4.06. The molecule has 0 saturated heterocycles. The molecule has 0 fully saturated rings. The van der Waals surface area contributed by atoms with Gasteiger partial charge in [0.1, 0.15) is 5.76 Å². The molecule has 0 spiro atoms. The topological polar surface area (TPSA) is 58.4 Å². The second kappa shape index (κ2) is 8.52.